The van der Waals surface area contributed by atoms with Gasteiger partial charge in [-0.25, -0.2) is 4.79 Å². The second-order valence-electron chi connectivity index (χ2n) is 4.10. The number of carbonyl (C=O) groups excluding carboxylic acids is 1. The molecule has 0 radical (unpaired) electrons. The number of hydrogen-bond acceptors (Lipinski definition) is 3. The van der Waals surface area contributed by atoms with E-state index in [9.17, 15) is 9.59 Å². The zero-order chi connectivity index (χ0) is 15.1. The summed E-state index contributed by atoms with van der Waals surface area (Å²) in [7, 11) is 0. The maximum Gasteiger partial charge on any atom is 0.323 e. The Labute approximate surface area is 116 Å². The lowest BCUT2D eigenvalue weighted by Gasteiger charge is -2.20. The molecule has 1 rings (SSSR count). The Morgan fingerprint density at radius 3 is 2.80 bits per heavy atom. The summed E-state index contributed by atoms with van der Waals surface area (Å²) < 4.78 is 0. The topological polar surface area (TPSA) is 93.4 Å². The first kappa shape index (κ1) is 15.2. The molecule has 0 spiro atoms. The van der Waals surface area contributed by atoms with Crippen LogP contribution in [0.1, 0.15) is 11.1 Å². The lowest BCUT2D eigenvalue weighted by Crippen LogP contribution is -2.39. The summed E-state index contributed by atoms with van der Waals surface area (Å²) in [5.41, 5.74) is 1.45. The molecule has 2 N–H and O–H groups in total. The van der Waals surface area contributed by atoms with Crippen molar-refractivity contribution in [2.75, 3.05) is 18.4 Å². The van der Waals surface area contributed by atoms with Crippen LogP contribution in [0.15, 0.2) is 30.9 Å². The highest BCUT2D eigenvalue weighted by Crippen LogP contribution is 2.18. The molecule has 6 nitrogen and oxygen atoms in total. The van der Waals surface area contributed by atoms with Gasteiger partial charge in [0.1, 0.15) is 12.6 Å². The minimum Gasteiger partial charge on any atom is -0.480 e. The molecule has 0 aliphatic rings. The molecule has 20 heavy (non-hydrogen) atoms. The van der Waals surface area contributed by atoms with E-state index < -0.39 is 18.5 Å². The van der Waals surface area contributed by atoms with E-state index in [-0.39, 0.29) is 6.54 Å². The number of anilines is 1. The molecular weight excluding hydrogens is 258 g/mol. The highest BCUT2D eigenvalue weighted by atomic mass is 16.4. The monoisotopic (exact) mass is 273 g/mol. The van der Waals surface area contributed by atoms with Crippen LogP contribution in [0.25, 0.3) is 0 Å². The molecule has 0 aliphatic carbocycles. The largest absolute Gasteiger partial charge is 0.480 e. The Morgan fingerprint density at radius 2 is 2.25 bits per heavy atom. The van der Waals surface area contributed by atoms with E-state index in [0.717, 1.165) is 10.5 Å². The van der Waals surface area contributed by atoms with E-state index in [2.05, 4.69) is 11.9 Å². The number of amides is 2. The van der Waals surface area contributed by atoms with Crippen LogP contribution >= 0.6 is 0 Å². The Balaban J connectivity index is 2.94. The van der Waals surface area contributed by atoms with Crippen LogP contribution in [0.4, 0.5) is 10.5 Å². The van der Waals surface area contributed by atoms with Crippen molar-refractivity contribution in [2.24, 2.45) is 0 Å². The average Bonchev–Trinajstić information content (AvgIpc) is 2.38. The van der Waals surface area contributed by atoms with Crippen LogP contribution in [-0.2, 0) is 4.79 Å². The van der Waals surface area contributed by atoms with Gasteiger partial charge < -0.3 is 15.3 Å². The third-order valence-electron chi connectivity index (χ3n) is 2.59. The predicted molar refractivity (Wildman–Crippen MR) is 74.3 cm³/mol. The molecule has 0 saturated heterocycles. The minimum atomic E-state index is -1.12. The van der Waals surface area contributed by atoms with E-state index in [4.69, 9.17) is 10.4 Å². The van der Waals surface area contributed by atoms with Crippen LogP contribution in [0.2, 0.25) is 0 Å². The number of urea groups is 1. The third-order valence-corrected chi connectivity index (χ3v) is 2.59. The van der Waals surface area contributed by atoms with Crippen LogP contribution in [0.3, 0.4) is 0 Å². The summed E-state index contributed by atoms with van der Waals surface area (Å²) in [5.74, 6) is -1.12. The fourth-order valence-corrected chi connectivity index (χ4v) is 1.65. The van der Waals surface area contributed by atoms with E-state index in [0.29, 0.717) is 11.3 Å². The van der Waals surface area contributed by atoms with Crippen molar-refractivity contribution in [3.8, 4) is 6.07 Å². The molecule has 104 valence electrons. The summed E-state index contributed by atoms with van der Waals surface area (Å²) in [6.45, 7) is 4.90. The molecule has 0 saturated carbocycles. The van der Waals surface area contributed by atoms with Gasteiger partial charge in [0.25, 0.3) is 0 Å². The number of carboxylic acid groups (broad SMARTS) is 1. The molecule has 6 heteroatoms. The molecule has 1 aromatic carbocycles. The first-order chi connectivity index (χ1) is 9.49. The Hall–Kier alpha value is -2.81. The van der Waals surface area contributed by atoms with Gasteiger partial charge in [0.2, 0.25) is 0 Å². The van der Waals surface area contributed by atoms with E-state index in [1.54, 1.807) is 25.1 Å². The van der Waals surface area contributed by atoms with Gasteiger partial charge in [0.05, 0.1) is 11.3 Å². The summed E-state index contributed by atoms with van der Waals surface area (Å²) in [6, 6.07) is 6.48. The second-order valence-corrected chi connectivity index (χ2v) is 4.10. The number of carbonyl (C=O) groups is 2. The molecule has 0 aliphatic heterocycles. The highest BCUT2D eigenvalue weighted by Gasteiger charge is 2.17. The molecule has 1 aromatic rings. The summed E-state index contributed by atoms with van der Waals surface area (Å²) in [4.78, 5) is 23.8. The normalized spacial score (nSPS) is 9.40. The number of carboxylic acids is 1. The summed E-state index contributed by atoms with van der Waals surface area (Å²) in [6.07, 6.45) is 1.43. The van der Waals surface area contributed by atoms with E-state index in [1.165, 1.54) is 6.08 Å². The molecular formula is C14H15N3O3. The molecule has 2 amide bonds. The van der Waals surface area contributed by atoms with Crippen LogP contribution in [0, 0.1) is 18.3 Å². The first-order valence-corrected chi connectivity index (χ1v) is 5.88. The molecule has 0 atom stereocenters. The number of rotatable bonds is 5. The second kappa shape index (κ2) is 6.95. The zero-order valence-corrected chi connectivity index (χ0v) is 11.1. The van der Waals surface area contributed by atoms with Crippen LogP contribution < -0.4 is 5.32 Å². The Bertz CT molecular complexity index is 576. The zero-order valence-electron chi connectivity index (χ0n) is 11.1. The molecule has 0 unspecified atom stereocenters. The van der Waals surface area contributed by atoms with Crippen molar-refractivity contribution in [3.63, 3.8) is 0 Å². The fourth-order valence-electron chi connectivity index (χ4n) is 1.65. The fraction of sp³-hybridized carbons (Fsp3) is 0.214. The van der Waals surface area contributed by atoms with Gasteiger partial charge in [-0.15, -0.1) is 6.58 Å². The number of nitrogens with zero attached hydrogens (tertiary/aromatic N) is 2. The maximum absolute atomic E-state index is 12.0. The lowest BCUT2D eigenvalue weighted by atomic mass is 10.1. The quantitative estimate of drug-likeness (QED) is 0.802. The van der Waals surface area contributed by atoms with Gasteiger partial charge in [0.15, 0.2) is 0 Å². The van der Waals surface area contributed by atoms with Gasteiger partial charge in [-0.1, -0.05) is 18.2 Å². The predicted octanol–water partition coefficient (Wildman–Crippen LogP) is 1.97. The van der Waals surface area contributed by atoms with Crippen molar-refractivity contribution in [1.82, 2.24) is 4.90 Å². The summed E-state index contributed by atoms with van der Waals surface area (Å²) >= 11 is 0. The molecule has 0 heterocycles. The number of aliphatic carboxylic acids is 1. The summed E-state index contributed by atoms with van der Waals surface area (Å²) in [5, 5.41) is 20.4. The van der Waals surface area contributed by atoms with Gasteiger partial charge >= 0.3 is 12.0 Å². The Morgan fingerprint density at radius 1 is 1.55 bits per heavy atom. The minimum absolute atomic E-state index is 0.103. The first-order valence-electron chi connectivity index (χ1n) is 5.88. The van der Waals surface area contributed by atoms with Crippen LogP contribution in [0.5, 0.6) is 0 Å². The standard InChI is InChI=1S/C14H15N3O3/c1-3-7-17(9-13(18)19)14(20)16-12-6-4-5-10(2)11(12)8-15/h3-6H,1,7,9H2,2H3,(H,16,20)(H,18,19). The number of nitriles is 1. The molecule has 0 aromatic heterocycles. The van der Waals surface area contributed by atoms with Crippen molar-refractivity contribution >= 4 is 17.7 Å². The van der Waals surface area contributed by atoms with Crippen molar-refractivity contribution in [1.29, 1.82) is 5.26 Å². The van der Waals surface area contributed by atoms with Gasteiger partial charge in [0, 0.05) is 6.54 Å². The number of nitrogens with one attached hydrogen (secondary N) is 1. The number of aryl methyl sites for hydroxylation is 1. The van der Waals surface area contributed by atoms with Crippen LogP contribution in [-0.4, -0.2) is 35.1 Å². The average molecular weight is 273 g/mol. The number of benzene rings is 1. The van der Waals surface area contributed by atoms with Gasteiger partial charge in [-0.05, 0) is 18.6 Å². The van der Waals surface area contributed by atoms with Gasteiger partial charge in [-0.2, -0.15) is 5.26 Å². The maximum atomic E-state index is 12.0. The van der Waals surface area contributed by atoms with Gasteiger partial charge in [-0.3, -0.25) is 4.79 Å². The lowest BCUT2D eigenvalue weighted by molar-refractivity contribution is -0.137. The highest BCUT2D eigenvalue weighted by molar-refractivity contribution is 5.92. The van der Waals surface area contributed by atoms with Crippen molar-refractivity contribution < 1.29 is 14.7 Å². The Kier molecular flexibility index (Phi) is 5.30. The SMILES string of the molecule is C=CCN(CC(=O)O)C(=O)Nc1cccc(C)c1C#N. The molecule has 0 fully saturated rings. The van der Waals surface area contributed by atoms with Crippen molar-refractivity contribution in [3.05, 3.63) is 42.0 Å². The van der Waals surface area contributed by atoms with E-state index >= 15 is 0 Å². The van der Waals surface area contributed by atoms with Crippen molar-refractivity contribution in [2.45, 2.75) is 6.92 Å². The number of hydrogen-bond donors (Lipinski definition) is 2. The smallest absolute Gasteiger partial charge is 0.323 e. The third kappa shape index (κ3) is 3.85. The molecule has 0 bridgehead atoms. The van der Waals surface area contributed by atoms with E-state index in [1.807, 2.05) is 6.07 Å².